The van der Waals surface area contributed by atoms with Gasteiger partial charge in [-0.1, -0.05) is 13.3 Å². The molecule has 1 saturated carbocycles. The zero-order chi connectivity index (χ0) is 13.9. The molecule has 19 heavy (non-hydrogen) atoms. The van der Waals surface area contributed by atoms with Gasteiger partial charge in [0.2, 0.25) is 11.9 Å². The van der Waals surface area contributed by atoms with Gasteiger partial charge in [0, 0.05) is 13.6 Å². The number of aromatic nitrogens is 3. The third-order valence-electron chi connectivity index (χ3n) is 3.41. The zero-order valence-electron chi connectivity index (χ0n) is 12.2. The molecular formula is C13H23N5O. The second-order valence-corrected chi connectivity index (χ2v) is 5.70. The molecule has 1 aliphatic carbocycles. The normalized spacial score (nSPS) is 16.9. The molecule has 0 amide bonds. The van der Waals surface area contributed by atoms with Crippen molar-refractivity contribution in [2.75, 3.05) is 24.2 Å². The number of rotatable bonds is 6. The Balaban J connectivity index is 2.05. The SMILES string of the molecule is CNc1nc(NCC2(C)CCC2)nc(OC(C)C)n1. The van der Waals surface area contributed by atoms with Crippen LogP contribution in [0.4, 0.5) is 11.9 Å². The Labute approximate surface area is 114 Å². The fourth-order valence-corrected chi connectivity index (χ4v) is 2.06. The molecular weight excluding hydrogens is 242 g/mol. The summed E-state index contributed by atoms with van der Waals surface area (Å²) in [7, 11) is 1.78. The maximum absolute atomic E-state index is 5.53. The molecule has 1 aromatic heterocycles. The Morgan fingerprint density at radius 3 is 2.42 bits per heavy atom. The molecule has 2 N–H and O–H groups in total. The standard InChI is InChI=1S/C13H23N5O/c1-9(2)19-12-17-10(14-4)16-11(18-12)15-8-13(3)6-5-7-13/h9H,5-8H2,1-4H3,(H2,14,15,16,17,18). The molecule has 0 aromatic carbocycles. The monoisotopic (exact) mass is 265 g/mol. The van der Waals surface area contributed by atoms with Crippen LogP contribution in [0.25, 0.3) is 0 Å². The van der Waals surface area contributed by atoms with Crippen molar-refractivity contribution in [3.8, 4) is 6.01 Å². The predicted octanol–water partition coefficient (Wildman–Crippen LogP) is 2.30. The molecule has 0 aliphatic heterocycles. The molecule has 0 bridgehead atoms. The van der Waals surface area contributed by atoms with Gasteiger partial charge in [-0.25, -0.2) is 0 Å². The maximum atomic E-state index is 5.53. The van der Waals surface area contributed by atoms with Crippen LogP contribution >= 0.6 is 0 Å². The van der Waals surface area contributed by atoms with Crippen LogP contribution in [0.15, 0.2) is 0 Å². The van der Waals surface area contributed by atoms with Crippen LogP contribution in [-0.4, -0.2) is 34.6 Å². The molecule has 6 nitrogen and oxygen atoms in total. The van der Waals surface area contributed by atoms with Crippen LogP contribution in [0.2, 0.25) is 0 Å². The van der Waals surface area contributed by atoms with Crippen molar-refractivity contribution in [1.29, 1.82) is 0 Å². The molecule has 1 fully saturated rings. The van der Waals surface area contributed by atoms with E-state index in [1.807, 2.05) is 13.8 Å². The van der Waals surface area contributed by atoms with Gasteiger partial charge in [-0.15, -0.1) is 0 Å². The van der Waals surface area contributed by atoms with Crippen LogP contribution in [0.5, 0.6) is 6.01 Å². The Hall–Kier alpha value is -1.59. The fraction of sp³-hybridized carbons (Fsp3) is 0.769. The molecule has 1 heterocycles. The lowest BCUT2D eigenvalue weighted by Gasteiger charge is -2.38. The number of hydrogen-bond acceptors (Lipinski definition) is 6. The largest absolute Gasteiger partial charge is 0.461 e. The Morgan fingerprint density at radius 1 is 1.21 bits per heavy atom. The van der Waals surface area contributed by atoms with Gasteiger partial charge in [-0.05, 0) is 32.1 Å². The van der Waals surface area contributed by atoms with E-state index in [4.69, 9.17) is 4.74 Å². The van der Waals surface area contributed by atoms with Crippen molar-refractivity contribution in [3.05, 3.63) is 0 Å². The van der Waals surface area contributed by atoms with E-state index in [9.17, 15) is 0 Å². The Kier molecular flexibility index (Phi) is 4.07. The third kappa shape index (κ3) is 3.68. The molecule has 1 aromatic rings. The number of nitrogens with zero attached hydrogens (tertiary/aromatic N) is 3. The minimum Gasteiger partial charge on any atom is -0.461 e. The summed E-state index contributed by atoms with van der Waals surface area (Å²) in [5.41, 5.74) is 0.380. The maximum Gasteiger partial charge on any atom is 0.323 e. The summed E-state index contributed by atoms with van der Waals surface area (Å²) in [5.74, 6) is 1.09. The minimum atomic E-state index is 0.0455. The van der Waals surface area contributed by atoms with Crippen LogP contribution in [-0.2, 0) is 0 Å². The third-order valence-corrected chi connectivity index (χ3v) is 3.41. The van der Waals surface area contributed by atoms with E-state index in [1.165, 1.54) is 19.3 Å². The molecule has 6 heteroatoms. The van der Waals surface area contributed by atoms with Gasteiger partial charge in [0.15, 0.2) is 0 Å². The number of hydrogen-bond donors (Lipinski definition) is 2. The highest BCUT2D eigenvalue weighted by Crippen LogP contribution is 2.40. The highest BCUT2D eigenvalue weighted by atomic mass is 16.5. The number of nitrogens with one attached hydrogen (secondary N) is 2. The van der Waals surface area contributed by atoms with Crippen LogP contribution < -0.4 is 15.4 Å². The smallest absolute Gasteiger partial charge is 0.323 e. The van der Waals surface area contributed by atoms with Crippen molar-refractivity contribution >= 4 is 11.9 Å². The average Bonchev–Trinajstić information content (AvgIpc) is 2.33. The first-order valence-electron chi connectivity index (χ1n) is 6.85. The lowest BCUT2D eigenvalue weighted by atomic mass is 9.70. The van der Waals surface area contributed by atoms with Crippen molar-refractivity contribution < 1.29 is 4.74 Å². The van der Waals surface area contributed by atoms with Crippen molar-refractivity contribution in [2.45, 2.75) is 46.1 Å². The van der Waals surface area contributed by atoms with Crippen LogP contribution in [0.3, 0.4) is 0 Å². The summed E-state index contributed by atoms with van der Waals surface area (Å²) in [6, 6.07) is 0.357. The highest BCUT2D eigenvalue weighted by Gasteiger charge is 2.31. The van der Waals surface area contributed by atoms with E-state index < -0.39 is 0 Å². The quantitative estimate of drug-likeness (QED) is 0.822. The fourth-order valence-electron chi connectivity index (χ4n) is 2.06. The van der Waals surface area contributed by atoms with Crippen molar-refractivity contribution in [3.63, 3.8) is 0 Å². The molecule has 1 aliphatic rings. The molecule has 0 atom stereocenters. The average molecular weight is 265 g/mol. The Bertz CT molecular complexity index is 431. The topological polar surface area (TPSA) is 72.0 Å². The minimum absolute atomic E-state index is 0.0455. The number of anilines is 2. The van der Waals surface area contributed by atoms with Gasteiger partial charge in [-0.2, -0.15) is 15.0 Å². The van der Waals surface area contributed by atoms with Gasteiger partial charge in [0.1, 0.15) is 0 Å². The number of ether oxygens (including phenoxy) is 1. The summed E-state index contributed by atoms with van der Waals surface area (Å²) >= 11 is 0. The second kappa shape index (κ2) is 5.59. The van der Waals surface area contributed by atoms with E-state index in [1.54, 1.807) is 7.05 Å². The molecule has 0 saturated heterocycles. The molecule has 106 valence electrons. The first-order chi connectivity index (χ1) is 9.00. The van der Waals surface area contributed by atoms with Crippen molar-refractivity contribution in [2.24, 2.45) is 5.41 Å². The van der Waals surface area contributed by atoms with Crippen LogP contribution in [0.1, 0.15) is 40.0 Å². The molecule has 2 rings (SSSR count). The summed E-state index contributed by atoms with van der Waals surface area (Å²) in [4.78, 5) is 12.8. The molecule has 0 spiro atoms. The van der Waals surface area contributed by atoms with Gasteiger partial charge < -0.3 is 15.4 Å². The molecule has 0 radical (unpaired) electrons. The summed E-state index contributed by atoms with van der Waals surface area (Å²) < 4.78 is 5.53. The lowest BCUT2D eigenvalue weighted by molar-refractivity contribution is 0.179. The van der Waals surface area contributed by atoms with Crippen molar-refractivity contribution in [1.82, 2.24) is 15.0 Å². The van der Waals surface area contributed by atoms with Crippen LogP contribution in [0, 0.1) is 5.41 Å². The van der Waals surface area contributed by atoms with E-state index in [0.29, 0.717) is 23.3 Å². The first kappa shape index (κ1) is 13.8. The first-order valence-corrected chi connectivity index (χ1v) is 6.85. The lowest BCUT2D eigenvalue weighted by Crippen LogP contribution is -2.33. The zero-order valence-corrected chi connectivity index (χ0v) is 12.2. The van der Waals surface area contributed by atoms with E-state index in [-0.39, 0.29) is 6.10 Å². The summed E-state index contributed by atoms with van der Waals surface area (Å²) in [6.45, 7) is 7.08. The van der Waals surface area contributed by atoms with Gasteiger partial charge in [-0.3, -0.25) is 0 Å². The highest BCUT2D eigenvalue weighted by molar-refractivity contribution is 5.35. The summed E-state index contributed by atoms with van der Waals surface area (Å²) in [5, 5.41) is 6.22. The molecule has 0 unspecified atom stereocenters. The van der Waals surface area contributed by atoms with Gasteiger partial charge >= 0.3 is 6.01 Å². The van der Waals surface area contributed by atoms with Gasteiger partial charge in [0.25, 0.3) is 0 Å². The summed E-state index contributed by atoms with van der Waals surface area (Å²) in [6.07, 6.45) is 3.89. The van der Waals surface area contributed by atoms with E-state index >= 15 is 0 Å². The Morgan fingerprint density at radius 2 is 1.89 bits per heavy atom. The van der Waals surface area contributed by atoms with E-state index in [0.717, 1.165) is 6.54 Å². The van der Waals surface area contributed by atoms with Gasteiger partial charge in [0.05, 0.1) is 6.10 Å². The second-order valence-electron chi connectivity index (χ2n) is 5.70. The van der Waals surface area contributed by atoms with E-state index in [2.05, 4.69) is 32.5 Å². The predicted molar refractivity (Wildman–Crippen MR) is 75.6 cm³/mol.